The zero-order chi connectivity index (χ0) is 23.4. The number of ether oxygens (including phenoxy) is 1. The summed E-state index contributed by atoms with van der Waals surface area (Å²) in [6, 6.07) is 5.68. The fraction of sp³-hybridized carbons (Fsp3) is 0.333. The molecule has 0 heterocycles. The molecule has 0 aromatic heterocycles. The van der Waals surface area contributed by atoms with Crippen LogP contribution in [0.5, 0.6) is 5.75 Å². The summed E-state index contributed by atoms with van der Waals surface area (Å²) in [4.78, 5) is 36.4. The predicted molar refractivity (Wildman–Crippen MR) is 128 cm³/mol. The van der Waals surface area contributed by atoms with Crippen LogP contribution in [-0.4, -0.2) is 41.7 Å². The van der Waals surface area contributed by atoms with E-state index in [1.54, 1.807) is 24.3 Å². The van der Waals surface area contributed by atoms with Gasteiger partial charge in [0.1, 0.15) is 17.3 Å². The minimum Gasteiger partial charge on any atom is -0.450 e. The molecule has 0 saturated heterocycles. The number of rotatable bonds is 10. The Labute approximate surface area is 186 Å². The van der Waals surface area contributed by atoms with Crippen molar-refractivity contribution >= 4 is 61.8 Å². The largest absolute Gasteiger partial charge is 0.450 e. The molecule has 0 radical (unpaired) electrons. The predicted octanol–water partition coefficient (Wildman–Crippen LogP) is 1.97. The Hall–Kier alpha value is -2.46. The molecule has 1 rings (SSSR count). The highest BCUT2D eigenvalue weighted by Gasteiger charge is 2.32. The van der Waals surface area contributed by atoms with E-state index in [9.17, 15) is 14.4 Å². The van der Waals surface area contributed by atoms with Crippen molar-refractivity contribution < 1.29 is 23.6 Å². The minimum absolute atomic E-state index is 0.00655. The normalized spacial score (nSPS) is 11.9. The second kappa shape index (κ2) is 13.1. The molecule has 0 fully saturated rings. The van der Waals surface area contributed by atoms with E-state index in [0.717, 1.165) is 0 Å². The lowest BCUT2D eigenvalue weighted by atomic mass is 10.0. The maximum absolute atomic E-state index is 12.5. The van der Waals surface area contributed by atoms with Crippen LogP contribution < -0.4 is 25.5 Å². The summed E-state index contributed by atoms with van der Waals surface area (Å²) in [7, 11) is 2.29. The number of nitrogens with one attached hydrogen (secondary N) is 5. The first kappa shape index (κ1) is 26.6. The summed E-state index contributed by atoms with van der Waals surface area (Å²) in [6.07, 6.45) is 9.08. The van der Waals surface area contributed by atoms with Crippen LogP contribution in [0.2, 0.25) is 0 Å². The van der Waals surface area contributed by atoms with E-state index in [0.29, 0.717) is 14.0 Å². The minimum atomic E-state index is -1.29. The van der Waals surface area contributed by atoms with E-state index >= 15 is 0 Å². The summed E-state index contributed by atoms with van der Waals surface area (Å²) in [5, 5.41) is 18.4. The van der Waals surface area contributed by atoms with Crippen LogP contribution in [0.3, 0.4) is 0 Å². The van der Waals surface area contributed by atoms with E-state index < -0.39 is 29.4 Å². The van der Waals surface area contributed by atoms with E-state index in [1.807, 2.05) is 9.47 Å². The van der Waals surface area contributed by atoms with Gasteiger partial charge in [-0.2, -0.15) is 0 Å². The second-order valence-corrected chi connectivity index (χ2v) is 8.02. The SMILES string of the molecule is C#[PH]NC(=N)Nc1ccc(OC(=O)C(C)(C)NC(=O)CCC(NP=C)C(=O)OP)cc1. The van der Waals surface area contributed by atoms with Crippen LogP contribution in [-0.2, 0) is 18.9 Å². The third-order valence-electron chi connectivity index (χ3n) is 3.80. The average Bonchev–Trinajstić information content (AvgIpc) is 2.71. The number of carbonyl (C=O) groups is 3. The molecule has 0 aliphatic heterocycles. The maximum Gasteiger partial charge on any atom is 0.336 e. The highest BCUT2D eigenvalue weighted by Crippen LogP contribution is 2.18. The zero-order valence-electron chi connectivity index (χ0n) is 17.2. The molecule has 0 aliphatic rings. The van der Waals surface area contributed by atoms with Crippen molar-refractivity contribution in [2.24, 2.45) is 0 Å². The molecule has 3 unspecified atom stereocenters. The average molecular weight is 485 g/mol. The van der Waals surface area contributed by atoms with Gasteiger partial charge in [0.2, 0.25) is 5.91 Å². The lowest BCUT2D eigenvalue weighted by molar-refractivity contribution is -0.143. The number of benzene rings is 1. The Morgan fingerprint density at radius 2 is 1.97 bits per heavy atom. The molecule has 3 atom stereocenters. The molecule has 10 nitrogen and oxygen atoms in total. The van der Waals surface area contributed by atoms with Crippen molar-refractivity contribution in [2.45, 2.75) is 38.3 Å². The number of anilines is 1. The molecule has 0 aliphatic carbocycles. The number of hydrogen-bond acceptors (Lipinski definition) is 7. The van der Waals surface area contributed by atoms with Crippen LogP contribution >= 0.6 is 26.0 Å². The molecule has 1 aromatic carbocycles. The number of guanidine groups is 1. The first-order valence-electron chi connectivity index (χ1n) is 8.95. The molecule has 0 bridgehead atoms. The lowest BCUT2D eigenvalue weighted by Gasteiger charge is -2.24. The molecule has 13 heteroatoms. The summed E-state index contributed by atoms with van der Waals surface area (Å²) in [6.45, 7) is 3.04. The smallest absolute Gasteiger partial charge is 0.336 e. The molecule has 1 aromatic rings. The number of hydrogen-bond donors (Lipinski definition) is 5. The second-order valence-electron chi connectivity index (χ2n) is 6.67. The molecule has 0 spiro atoms. The Kier molecular flexibility index (Phi) is 11.2. The summed E-state index contributed by atoms with van der Waals surface area (Å²) < 4.78 is 9.94. The Balaban J connectivity index is 2.62. The van der Waals surface area contributed by atoms with Crippen molar-refractivity contribution in [3.8, 4) is 11.9 Å². The van der Waals surface area contributed by atoms with Crippen LogP contribution in [0, 0.1) is 11.5 Å². The number of amides is 1. The van der Waals surface area contributed by atoms with Gasteiger partial charge in [-0.25, -0.2) is 4.79 Å². The summed E-state index contributed by atoms with van der Waals surface area (Å²) >= 11 is 0. The van der Waals surface area contributed by atoms with E-state index in [1.165, 1.54) is 13.8 Å². The lowest BCUT2D eigenvalue weighted by Crippen LogP contribution is -2.52. The monoisotopic (exact) mass is 485 g/mol. The van der Waals surface area contributed by atoms with E-state index in [2.05, 4.69) is 31.6 Å². The third-order valence-corrected chi connectivity index (χ3v) is 4.92. The quantitative estimate of drug-likeness (QED) is 0.111. The molecule has 5 N–H and O–H groups in total. The number of esters is 1. The van der Waals surface area contributed by atoms with Crippen molar-refractivity contribution in [3.05, 3.63) is 24.3 Å². The molecule has 168 valence electrons. The Bertz CT molecular complexity index is 870. The zero-order valence-corrected chi connectivity index (χ0v) is 20.2. The highest BCUT2D eigenvalue weighted by atomic mass is 31.1. The van der Waals surface area contributed by atoms with E-state index in [-0.39, 0.29) is 32.7 Å². The van der Waals surface area contributed by atoms with Gasteiger partial charge >= 0.3 is 11.9 Å². The van der Waals surface area contributed by atoms with Gasteiger partial charge in [0, 0.05) is 12.1 Å². The van der Waals surface area contributed by atoms with Crippen LogP contribution in [0.4, 0.5) is 5.69 Å². The van der Waals surface area contributed by atoms with Gasteiger partial charge in [0.25, 0.3) is 0 Å². The standard InChI is InChI=1S/C18H26N5O5P3/c1-18(2,21-14(24)10-9-13(22-30-3)15(25)28-29)16(26)27-12-7-5-11(6-8-12)20-17(19)23-31-4/h4-8,13,22,31H,3,9-10,29H2,1-2H3,(H,21,24)(H3,19,20,23). The summed E-state index contributed by atoms with van der Waals surface area (Å²) in [5.41, 5.74) is -0.687. The van der Waals surface area contributed by atoms with Gasteiger partial charge < -0.3 is 25.0 Å². The van der Waals surface area contributed by atoms with Gasteiger partial charge in [-0.15, -0.1) is 6.13 Å². The fourth-order valence-electron chi connectivity index (χ4n) is 2.25. The van der Waals surface area contributed by atoms with Crippen LogP contribution in [0.25, 0.3) is 0 Å². The van der Waals surface area contributed by atoms with Gasteiger partial charge in [0.05, 0.1) is 9.47 Å². The Morgan fingerprint density at radius 1 is 1.32 bits per heavy atom. The molecule has 31 heavy (non-hydrogen) atoms. The molecular weight excluding hydrogens is 459 g/mol. The summed E-state index contributed by atoms with van der Waals surface area (Å²) in [5.74, 6) is -1.28. The first-order chi connectivity index (χ1) is 14.6. The molecule has 0 saturated carbocycles. The van der Waals surface area contributed by atoms with E-state index in [4.69, 9.17) is 16.3 Å². The number of carbonyl (C=O) groups excluding carboxylic acids is 3. The van der Waals surface area contributed by atoms with Crippen LogP contribution in [0.1, 0.15) is 26.7 Å². The van der Waals surface area contributed by atoms with Gasteiger partial charge in [-0.1, -0.05) is 6.30 Å². The van der Waals surface area contributed by atoms with Crippen molar-refractivity contribution in [1.29, 1.82) is 5.41 Å². The van der Waals surface area contributed by atoms with Crippen LogP contribution in [0.15, 0.2) is 24.3 Å². The third kappa shape index (κ3) is 9.48. The highest BCUT2D eigenvalue weighted by molar-refractivity contribution is 7.34. The maximum atomic E-state index is 12.5. The van der Waals surface area contributed by atoms with Crippen molar-refractivity contribution in [1.82, 2.24) is 15.5 Å². The molecule has 1 amide bonds. The first-order valence-corrected chi connectivity index (χ1v) is 11.6. The van der Waals surface area contributed by atoms with Crippen molar-refractivity contribution in [2.75, 3.05) is 5.32 Å². The topological polar surface area (TPSA) is 142 Å². The Morgan fingerprint density at radius 3 is 2.52 bits per heavy atom. The fourth-order valence-corrected chi connectivity index (χ4v) is 3.08. The molecular formula is C18H26N5O5P3. The van der Waals surface area contributed by atoms with Crippen molar-refractivity contribution in [3.63, 3.8) is 0 Å². The van der Waals surface area contributed by atoms with Gasteiger partial charge in [-0.3, -0.25) is 20.1 Å². The van der Waals surface area contributed by atoms with Gasteiger partial charge in [-0.05, 0) is 61.1 Å². The van der Waals surface area contributed by atoms with Gasteiger partial charge in [0.15, 0.2) is 5.96 Å².